The third-order valence-electron chi connectivity index (χ3n) is 3.64. The van der Waals surface area contributed by atoms with Crippen LogP contribution in [-0.2, 0) is 9.59 Å². The summed E-state index contributed by atoms with van der Waals surface area (Å²) in [6.07, 6.45) is -1.85. The summed E-state index contributed by atoms with van der Waals surface area (Å²) < 4.78 is 36.6. The second-order valence-corrected chi connectivity index (χ2v) is 5.86. The van der Waals surface area contributed by atoms with Gasteiger partial charge in [-0.05, 0) is 25.0 Å². The van der Waals surface area contributed by atoms with Crippen LogP contribution in [0.25, 0.3) is 0 Å². The quantitative estimate of drug-likeness (QED) is 0.372. The second kappa shape index (κ2) is 10.1. The Morgan fingerprint density at radius 2 is 1.50 bits per heavy atom. The molecule has 0 saturated carbocycles. The molecule has 0 bridgehead atoms. The molecule has 0 fully saturated rings. The van der Waals surface area contributed by atoms with Crippen molar-refractivity contribution in [3.8, 4) is 0 Å². The van der Waals surface area contributed by atoms with Crippen molar-refractivity contribution in [1.82, 2.24) is 5.32 Å². The Hall–Kier alpha value is -2.13. The van der Waals surface area contributed by atoms with Gasteiger partial charge in [-0.25, -0.2) is 0 Å². The van der Waals surface area contributed by atoms with Crippen LogP contribution >= 0.6 is 0 Å². The molecule has 6 nitrogen and oxygen atoms in total. The van der Waals surface area contributed by atoms with Crippen molar-refractivity contribution < 1.29 is 33.0 Å². The van der Waals surface area contributed by atoms with E-state index in [1.165, 1.54) is 0 Å². The van der Waals surface area contributed by atoms with Gasteiger partial charge in [0.15, 0.2) is 0 Å². The molecule has 0 heterocycles. The van der Waals surface area contributed by atoms with E-state index in [1.807, 2.05) is 23.5 Å². The molecule has 0 aliphatic carbocycles. The van der Waals surface area contributed by atoms with Crippen LogP contribution in [-0.4, -0.2) is 40.5 Å². The molecule has 1 aromatic carbocycles. The number of para-hydroxylation sites is 1. The number of benzene rings is 1. The number of aliphatic hydroxyl groups is 2. The number of rotatable bonds is 10. The van der Waals surface area contributed by atoms with E-state index in [-0.39, 0.29) is 12.5 Å². The number of hydrogen-bond donors (Lipinski definition) is 4. The van der Waals surface area contributed by atoms with Crippen molar-refractivity contribution in [3.05, 3.63) is 30.3 Å². The largest absolute Gasteiger partial charge is 0.453 e. The normalized spacial score (nSPS) is 11.9. The first-order valence-corrected chi connectivity index (χ1v) is 8.29. The van der Waals surface area contributed by atoms with Crippen molar-refractivity contribution in [2.45, 2.75) is 50.5 Å². The van der Waals surface area contributed by atoms with Gasteiger partial charge in [0, 0.05) is 18.7 Å². The molecule has 0 atom stereocenters. The number of hydrogen-bond acceptors (Lipinski definition) is 4. The number of halogens is 3. The molecule has 1 aromatic rings. The molecule has 0 aromatic heterocycles. The maximum Gasteiger partial charge on any atom is 0.453 e. The van der Waals surface area contributed by atoms with E-state index in [0.29, 0.717) is 25.7 Å². The van der Waals surface area contributed by atoms with Gasteiger partial charge in [0.25, 0.3) is 5.91 Å². The zero-order valence-corrected chi connectivity index (χ0v) is 14.2. The third kappa shape index (κ3) is 7.40. The minimum atomic E-state index is -5.45. The molecule has 26 heavy (non-hydrogen) atoms. The van der Waals surface area contributed by atoms with E-state index in [4.69, 9.17) is 10.2 Å². The summed E-state index contributed by atoms with van der Waals surface area (Å²) in [5.74, 6) is -6.35. The van der Waals surface area contributed by atoms with Crippen molar-refractivity contribution in [3.63, 3.8) is 0 Å². The minimum absolute atomic E-state index is 0.0853. The average Bonchev–Trinajstić information content (AvgIpc) is 2.56. The predicted octanol–water partition coefficient (Wildman–Crippen LogP) is 2.33. The summed E-state index contributed by atoms with van der Waals surface area (Å²) in [5.41, 5.74) is 0.732. The van der Waals surface area contributed by atoms with Gasteiger partial charge in [-0.3, -0.25) is 9.59 Å². The first-order valence-electron chi connectivity index (χ1n) is 8.29. The van der Waals surface area contributed by atoms with Crippen LogP contribution in [0.4, 0.5) is 18.9 Å². The van der Waals surface area contributed by atoms with Crippen LogP contribution in [0.15, 0.2) is 30.3 Å². The maximum atomic E-state index is 12.2. The molecule has 146 valence electrons. The number of unbranched alkanes of at least 4 members (excludes halogenated alkanes) is 4. The van der Waals surface area contributed by atoms with Crippen LogP contribution < -0.4 is 10.6 Å². The molecular formula is C17H23F3N2O4. The highest BCUT2D eigenvalue weighted by Crippen LogP contribution is 2.28. The summed E-state index contributed by atoms with van der Waals surface area (Å²) in [7, 11) is 0. The van der Waals surface area contributed by atoms with E-state index in [1.54, 1.807) is 12.1 Å². The number of alkyl halides is 3. The smallest absolute Gasteiger partial charge is 0.351 e. The minimum Gasteiger partial charge on any atom is -0.351 e. The van der Waals surface area contributed by atoms with E-state index in [0.717, 1.165) is 18.5 Å². The fourth-order valence-corrected chi connectivity index (χ4v) is 2.14. The lowest BCUT2D eigenvalue weighted by molar-refractivity contribution is -0.328. The van der Waals surface area contributed by atoms with Gasteiger partial charge in [0.1, 0.15) is 0 Å². The Morgan fingerprint density at radius 3 is 2.12 bits per heavy atom. The Kier molecular flexibility index (Phi) is 8.53. The van der Waals surface area contributed by atoms with Gasteiger partial charge in [-0.1, -0.05) is 37.5 Å². The zero-order chi connectivity index (χ0) is 19.6. The van der Waals surface area contributed by atoms with Crippen LogP contribution in [0, 0.1) is 0 Å². The molecule has 0 aliphatic heterocycles. The van der Waals surface area contributed by atoms with Crippen LogP contribution in [0.2, 0.25) is 0 Å². The number of carbonyl (C=O) groups excluding carboxylic acids is 2. The van der Waals surface area contributed by atoms with Gasteiger partial charge < -0.3 is 20.8 Å². The first-order chi connectivity index (χ1) is 12.1. The highest BCUT2D eigenvalue weighted by molar-refractivity contribution is 5.90. The molecule has 0 spiro atoms. The number of anilines is 1. The number of carbonyl (C=O) groups is 2. The van der Waals surface area contributed by atoms with Crippen molar-refractivity contribution in [2.24, 2.45) is 0 Å². The van der Waals surface area contributed by atoms with Crippen LogP contribution in [0.5, 0.6) is 0 Å². The van der Waals surface area contributed by atoms with Crippen molar-refractivity contribution >= 4 is 17.5 Å². The number of amides is 2. The summed E-state index contributed by atoms with van der Waals surface area (Å²) in [4.78, 5) is 22.8. The summed E-state index contributed by atoms with van der Waals surface area (Å²) >= 11 is 0. The third-order valence-corrected chi connectivity index (χ3v) is 3.64. The molecular weight excluding hydrogens is 353 g/mol. The van der Waals surface area contributed by atoms with E-state index in [9.17, 15) is 22.8 Å². The Morgan fingerprint density at radius 1 is 0.923 bits per heavy atom. The van der Waals surface area contributed by atoms with E-state index >= 15 is 0 Å². The fourth-order valence-electron chi connectivity index (χ4n) is 2.14. The lowest BCUT2D eigenvalue weighted by Crippen LogP contribution is -2.57. The zero-order valence-electron chi connectivity index (χ0n) is 14.2. The standard InChI is InChI=1S/C17H23F3N2O4/c18-17(19,20)16(25,26)15(24)21-12-8-3-1-2-7-11-14(23)22-13-9-5-4-6-10-13/h4-6,9-10,25-26H,1-3,7-8,11-12H2,(H,21,24)(H,22,23). The maximum absolute atomic E-state index is 12.2. The Bertz CT molecular complexity index is 577. The van der Waals surface area contributed by atoms with Crippen LogP contribution in [0.1, 0.15) is 38.5 Å². The van der Waals surface area contributed by atoms with E-state index < -0.39 is 17.9 Å². The SMILES string of the molecule is O=C(CCCCCCCNC(=O)C(O)(O)C(F)(F)F)Nc1ccccc1. The average molecular weight is 376 g/mol. The van der Waals surface area contributed by atoms with E-state index in [2.05, 4.69) is 5.32 Å². The topological polar surface area (TPSA) is 98.7 Å². The van der Waals surface area contributed by atoms with Crippen molar-refractivity contribution in [1.29, 1.82) is 0 Å². The van der Waals surface area contributed by atoms with Crippen molar-refractivity contribution in [2.75, 3.05) is 11.9 Å². The number of nitrogens with one attached hydrogen (secondary N) is 2. The highest BCUT2D eigenvalue weighted by atomic mass is 19.4. The summed E-state index contributed by atoms with van der Waals surface area (Å²) in [6, 6.07) is 9.07. The Labute approximate surface area is 149 Å². The fraction of sp³-hybridized carbons (Fsp3) is 0.529. The first kappa shape index (κ1) is 21.9. The van der Waals surface area contributed by atoms with Crippen LogP contribution in [0.3, 0.4) is 0 Å². The monoisotopic (exact) mass is 376 g/mol. The molecule has 0 aliphatic rings. The molecule has 4 N–H and O–H groups in total. The predicted molar refractivity (Wildman–Crippen MR) is 89.0 cm³/mol. The molecule has 0 unspecified atom stereocenters. The molecule has 0 saturated heterocycles. The lowest BCUT2D eigenvalue weighted by Gasteiger charge is -2.22. The van der Waals surface area contributed by atoms with Gasteiger partial charge in [-0.2, -0.15) is 13.2 Å². The molecule has 2 amide bonds. The highest BCUT2D eigenvalue weighted by Gasteiger charge is 2.58. The van der Waals surface area contributed by atoms with Gasteiger partial charge in [0.2, 0.25) is 5.91 Å². The van der Waals surface area contributed by atoms with Gasteiger partial charge >= 0.3 is 12.0 Å². The molecule has 9 heteroatoms. The summed E-state index contributed by atoms with van der Waals surface area (Å²) in [6.45, 7) is -0.0910. The lowest BCUT2D eigenvalue weighted by atomic mass is 10.1. The van der Waals surface area contributed by atoms with Gasteiger partial charge in [0.05, 0.1) is 0 Å². The molecule has 1 rings (SSSR count). The second-order valence-electron chi connectivity index (χ2n) is 5.86. The Balaban J connectivity index is 2.06. The molecule has 0 radical (unpaired) electrons. The summed E-state index contributed by atoms with van der Waals surface area (Å²) in [5, 5.41) is 22.1. The van der Waals surface area contributed by atoms with Gasteiger partial charge in [-0.15, -0.1) is 0 Å².